The maximum absolute atomic E-state index is 11.6. The minimum atomic E-state index is -0.715. The highest BCUT2D eigenvalue weighted by molar-refractivity contribution is 5.89. The molecule has 2 amide bonds. The van der Waals surface area contributed by atoms with E-state index >= 15 is 0 Å². The first-order chi connectivity index (χ1) is 11.0. The number of nitrogens with one attached hydrogen (secondary N) is 2. The average Bonchev–Trinajstić information content (AvgIpc) is 2.54. The highest BCUT2D eigenvalue weighted by atomic mass is 16.6. The molecule has 2 N–H and O–H groups in total. The molecular weight excluding hydrogens is 304 g/mol. The van der Waals surface area contributed by atoms with Crippen LogP contribution >= 0.6 is 0 Å². The lowest BCUT2D eigenvalue weighted by atomic mass is 10.2. The zero-order valence-electron chi connectivity index (χ0n) is 12.9. The topological polar surface area (TPSA) is 103 Å². The van der Waals surface area contributed by atoms with Crippen LogP contribution in [0, 0.1) is 6.92 Å². The molecular formula is C15H18N2O6. The van der Waals surface area contributed by atoms with Gasteiger partial charge in [-0.3, -0.25) is 10.6 Å². The largest absolute Gasteiger partial charge is 0.459 e. The van der Waals surface area contributed by atoms with Crippen molar-refractivity contribution in [2.24, 2.45) is 0 Å². The second-order valence-corrected chi connectivity index (χ2v) is 4.28. The van der Waals surface area contributed by atoms with E-state index in [4.69, 9.17) is 4.74 Å². The Hall–Kier alpha value is -3.03. The SMILES string of the molecule is C=CC(=O)OCCOC(=O)Nc1ccc(C)c(NC(=O)OC)c1. The molecule has 8 nitrogen and oxygen atoms in total. The fourth-order valence-corrected chi connectivity index (χ4v) is 1.48. The molecule has 0 bridgehead atoms. The molecule has 0 atom stereocenters. The number of benzene rings is 1. The molecule has 0 aliphatic heterocycles. The standard InChI is InChI=1S/C15H18N2O6/c1-4-13(18)22-7-8-23-15(20)16-11-6-5-10(2)12(9-11)17-14(19)21-3/h4-6,9H,1,7-8H2,2-3H3,(H,16,20)(H,17,19). The van der Waals surface area contributed by atoms with Gasteiger partial charge in [-0.15, -0.1) is 0 Å². The summed E-state index contributed by atoms with van der Waals surface area (Å²) in [6.07, 6.45) is -0.313. The molecule has 124 valence electrons. The van der Waals surface area contributed by atoms with Crippen molar-refractivity contribution in [3.63, 3.8) is 0 Å². The van der Waals surface area contributed by atoms with Gasteiger partial charge in [0.05, 0.1) is 7.11 Å². The summed E-state index contributed by atoms with van der Waals surface area (Å²) < 4.78 is 14.0. The van der Waals surface area contributed by atoms with Crippen LogP contribution in [0.2, 0.25) is 0 Å². The Balaban J connectivity index is 2.51. The third-order valence-corrected chi connectivity index (χ3v) is 2.63. The van der Waals surface area contributed by atoms with Crippen molar-refractivity contribution in [3.05, 3.63) is 36.4 Å². The number of rotatable bonds is 6. The normalized spacial score (nSPS) is 9.48. The Kier molecular flexibility index (Phi) is 7.12. The third kappa shape index (κ3) is 6.51. The Bertz CT molecular complexity index is 600. The van der Waals surface area contributed by atoms with E-state index in [2.05, 4.69) is 26.7 Å². The quantitative estimate of drug-likeness (QED) is 0.361. The van der Waals surface area contributed by atoms with E-state index in [9.17, 15) is 14.4 Å². The smallest absolute Gasteiger partial charge is 0.411 e. The minimum absolute atomic E-state index is 0.0681. The zero-order chi connectivity index (χ0) is 17.2. The van der Waals surface area contributed by atoms with Crippen molar-refractivity contribution in [1.29, 1.82) is 0 Å². The maximum Gasteiger partial charge on any atom is 0.411 e. The predicted molar refractivity (Wildman–Crippen MR) is 83.3 cm³/mol. The second-order valence-electron chi connectivity index (χ2n) is 4.28. The van der Waals surface area contributed by atoms with E-state index in [0.29, 0.717) is 11.4 Å². The summed E-state index contributed by atoms with van der Waals surface area (Å²) in [5.74, 6) is -0.592. The lowest BCUT2D eigenvalue weighted by Gasteiger charge is -2.11. The molecule has 0 saturated carbocycles. The summed E-state index contributed by atoms with van der Waals surface area (Å²) in [7, 11) is 1.25. The monoisotopic (exact) mass is 322 g/mol. The molecule has 0 heterocycles. The molecule has 23 heavy (non-hydrogen) atoms. The van der Waals surface area contributed by atoms with Crippen LogP contribution in [0.5, 0.6) is 0 Å². The summed E-state index contributed by atoms with van der Waals surface area (Å²) in [6, 6.07) is 4.93. The summed E-state index contributed by atoms with van der Waals surface area (Å²) in [5, 5.41) is 5.01. The number of anilines is 2. The van der Waals surface area contributed by atoms with Crippen molar-refractivity contribution < 1.29 is 28.6 Å². The van der Waals surface area contributed by atoms with Crippen LogP contribution in [0.25, 0.3) is 0 Å². The number of carbonyl (C=O) groups is 3. The first-order valence-electron chi connectivity index (χ1n) is 6.65. The van der Waals surface area contributed by atoms with Crippen LogP contribution in [0.15, 0.2) is 30.9 Å². The summed E-state index contributed by atoms with van der Waals surface area (Å²) in [4.78, 5) is 33.6. The summed E-state index contributed by atoms with van der Waals surface area (Å²) in [6.45, 7) is 4.87. The molecule has 0 aromatic heterocycles. The molecule has 0 fully saturated rings. The van der Waals surface area contributed by atoms with Gasteiger partial charge in [-0.1, -0.05) is 12.6 Å². The number of carbonyl (C=O) groups excluding carboxylic acids is 3. The van der Waals surface area contributed by atoms with E-state index in [1.54, 1.807) is 25.1 Å². The molecule has 0 aliphatic rings. The van der Waals surface area contributed by atoms with Gasteiger partial charge in [0.15, 0.2) is 0 Å². The van der Waals surface area contributed by atoms with Crippen molar-refractivity contribution in [2.45, 2.75) is 6.92 Å². The number of methoxy groups -OCH3 is 1. The predicted octanol–water partition coefficient (Wildman–Crippen LogP) is 2.45. The molecule has 1 rings (SSSR count). The van der Waals surface area contributed by atoms with Crippen LogP contribution in [0.1, 0.15) is 5.56 Å². The number of esters is 1. The Morgan fingerprint density at radius 1 is 1.13 bits per heavy atom. The van der Waals surface area contributed by atoms with E-state index in [-0.39, 0.29) is 13.2 Å². The molecule has 0 saturated heterocycles. The summed E-state index contributed by atoms with van der Waals surface area (Å²) in [5.41, 5.74) is 1.72. The molecule has 0 aliphatic carbocycles. The van der Waals surface area contributed by atoms with Gasteiger partial charge >= 0.3 is 18.2 Å². The lowest BCUT2D eigenvalue weighted by Crippen LogP contribution is -2.18. The highest BCUT2D eigenvalue weighted by Gasteiger charge is 2.08. The van der Waals surface area contributed by atoms with Gasteiger partial charge in [0, 0.05) is 17.5 Å². The van der Waals surface area contributed by atoms with Gasteiger partial charge < -0.3 is 14.2 Å². The van der Waals surface area contributed by atoms with Crippen molar-refractivity contribution in [2.75, 3.05) is 31.0 Å². The Labute approximate surface area is 133 Å². The first kappa shape index (κ1) is 18.0. The molecule has 1 aromatic rings. The fourth-order valence-electron chi connectivity index (χ4n) is 1.48. The van der Waals surface area contributed by atoms with Crippen LogP contribution < -0.4 is 10.6 Å². The van der Waals surface area contributed by atoms with Crippen LogP contribution in [-0.2, 0) is 19.0 Å². The van der Waals surface area contributed by atoms with Crippen LogP contribution in [0.4, 0.5) is 21.0 Å². The van der Waals surface area contributed by atoms with Gasteiger partial charge in [-0.2, -0.15) is 0 Å². The highest BCUT2D eigenvalue weighted by Crippen LogP contribution is 2.20. The number of amides is 2. The fraction of sp³-hybridized carbons (Fsp3) is 0.267. The van der Waals surface area contributed by atoms with Crippen molar-refractivity contribution in [3.8, 4) is 0 Å². The van der Waals surface area contributed by atoms with Crippen molar-refractivity contribution in [1.82, 2.24) is 0 Å². The maximum atomic E-state index is 11.6. The van der Waals surface area contributed by atoms with Gasteiger partial charge in [-0.05, 0) is 24.6 Å². The number of hydrogen-bond donors (Lipinski definition) is 2. The van der Waals surface area contributed by atoms with Crippen molar-refractivity contribution >= 4 is 29.5 Å². The molecule has 8 heteroatoms. The number of hydrogen-bond acceptors (Lipinski definition) is 6. The molecule has 0 spiro atoms. The zero-order valence-corrected chi connectivity index (χ0v) is 12.9. The van der Waals surface area contributed by atoms with Gasteiger partial charge in [-0.25, -0.2) is 14.4 Å². The second kappa shape index (κ2) is 9.08. The molecule has 0 radical (unpaired) electrons. The number of aryl methyl sites for hydroxylation is 1. The molecule has 0 unspecified atom stereocenters. The summed E-state index contributed by atoms with van der Waals surface area (Å²) >= 11 is 0. The van der Waals surface area contributed by atoms with Crippen LogP contribution in [-0.4, -0.2) is 38.5 Å². The van der Waals surface area contributed by atoms with Gasteiger partial charge in [0.2, 0.25) is 0 Å². The first-order valence-corrected chi connectivity index (χ1v) is 6.65. The Morgan fingerprint density at radius 2 is 1.83 bits per heavy atom. The van der Waals surface area contributed by atoms with Gasteiger partial charge in [0.1, 0.15) is 13.2 Å². The Morgan fingerprint density at radius 3 is 2.48 bits per heavy atom. The van der Waals surface area contributed by atoms with E-state index in [1.165, 1.54) is 7.11 Å². The van der Waals surface area contributed by atoms with E-state index in [1.807, 2.05) is 0 Å². The third-order valence-electron chi connectivity index (χ3n) is 2.63. The lowest BCUT2D eigenvalue weighted by molar-refractivity contribution is -0.138. The minimum Gasteiger partial charge on any atom is -0.459 e. The average molecular weight is 322 g/mol. The number of ether oxygens (including phenoxy) is 3. The van der Waals surface area contributed by atoms with Crippen LogP contribution in [0.3, 0.4) is 0 Å². The van der Waals surface area contributed by atoms with E-state index < -0.39 is 18.2 Å². The van der Waals surface area contributed by atoms with E-state index in [0.717, 1.165) is 11.6 Å². The van der Waals surface area contributed by atoms with Gasteiger partial charge in [0.25, 0.3) is 0 Å². The molecule has 1 aromatic carbocycles.